The molecule has 3 aliphatic heterocycles. The van der Waals surface area contributed by atoms with Gasteiger partial charge in [-0.05, 0) is 56.6 Å². The summed E-state index contributed by atoms with van der Waals surface area (Å²) in [4.78, 5) is 32.0. The van der Waals surface area contributed by atoms with Crippen molar-refractivity contribution in [2.75, 3.05) is 19.6 Å². The van der Waals surface area contributed by atoms with Crippen LogP contribution >= 0.6 is 11.3 Å². The van der Waals surface area contributed by atoms with Gasteiger partial charge in [-0.15, -0.1) is 11.3 Å². The predicted octanol–water partition coefficient (Wildman–Crippen LogP) is 3.10. The zero-order valence-electron chi connectivity index (χ0n) is 14.4. The van der Waals surface area contributed by atoms with E-state index in [0.29, 0.717) is 13.1 Å². The number of thiophene rings is 1. The van der Waals surface area contributed by atoms with Gasteiger partial charge in [-0.1, -0.05) is 6.92 Å². The van der Waals surface area contributed by atoms with Crippen LogP contribution in [0.25, 0.3) is 0 Å². The van der Waals surface area contributed by atoms with E-state index in [1.165, 1.54) is 23.3 Å². The van der Waals surface area contributed by atoms with Crippen LogP contribution in [0.4, 0.5) is 0 Å². The Kier molecular flexibility index (Phi) is 4.37. The zero-order valence-corrected chi connectivity index (χ0v) is 15.2. The first-order chi connectivity index (χ1) is 11.7. The molecule has 0 spiro atoms. The minimum atomic E-state index is 0.00818. The highest BCUT2D eigenvalue weighted by Crippen LogP contribution is 2.33. The van der Waals surface area contributed by atoms with Gasteiger partial charge in [-0.2, -0.15) is 0 Å². The lowest BCUT2D eigenvalue weighted by molar-refractivity contribution is -0.139. The maximum absolute atomic E-state index is 13.1. The molecule has 4 heterocycles. The Morgan fingerprint density at radius 3 is 2.88 bits per heavy atom. The number of aryl methyl sites for hydroxylation is 2. The highest BCUT2D eigenvalue weighted by molar-refractivity contribution is 7.14. The zero-order chi connectivity index (χ0) is 16.7. The van der Waals surface area contributed by atoms with E-state index in [2.05, 4.69) is 13.0 Å². The molecule has 24 heavy (non-hydrogen) atoms. The third kappa shape index (κ3) is 2.77. The summed E-state index contributed by atoms with van der Waals surface area (Å²) in [5, 5.41) is 0. The van der Waals surface area contributed by atoms with Crippen LogP contribution in [0.5, 0.6) is 0 Å². The molecule has 130 valence electrons. The van der Waals surface area contributed by atoms with Crippen LogP contribution < -0.4 is 0 Å². The average Bonchev–Trinajstić information content (AvgIpc) is 2.84. The summed E-state index contributed by atoms with van der Waals surface area (Å²) in [7, 11) is 0. The number of fused-ring (bicyclic) bond motifs is 5. The maximum atomic E-state index is 13.1. The van der Waals surface area contributed by atoms with Crippen molar-refractivity contribution in [3.05, 3.63) is 21.4 Å². The van der Waals surface area contributed by atoms with Crippen molar-refractivity contribution >= 4 is 23.2 Å². The van der Waals surface area contributed by atoms with Crippen molar-refractivity contribution in [1.29, 1.82) is 0 Å². The van der Waals surface area contributed by atoms with Crippen molar-refractivity contribution in [2.24, 2.45) is 5.92 Å². The molecule has 5 heteroatoms. The smallest absolute Gasteiger partial charge is 0.264 e. The van der Waals surface area contributed by atoms with Crippen LogP contribution in [0.3, 0.4) is 0 Å². The second kappa shape index (κ2) is 6.51. The molecule has 3 fully saturated rings. The molecular weight excluding hydrogens is 320 g/mol. The van der Waals surface area contributed by atoms with Crippen LogP contribution in [-0.2, 0) is 17.6 Å². The number of carbonyl (C=O) groups is 2. The Morgan fingerprint density at radius 2 is 2.08 bits per heavy atom. The van der Waals surface area contributed by atoms with E-state index in [0.717, 1.165) is 43.5 Å². The fourth-order valence-corrected chi connectivity index (χ4v) is 5.71. The molecule has 2 bridgehead atoms. The Bertz CT molecular complexity index is 630. The summed E-state index contributed by atoms with van der Waals surface area (Å²) in [6.07, 6.45) is 7.70. The van der Waals surface area contributed by atoms with E-state index < -0.39 is 0 Å². The van der Waals surface area contributed by atoms with E-state index in [9.17, 15) is 9.59 Å². The molecule has 0 N–H and O–H groups in total. The van der Waals surface area contributed by atoms with Gasteiger partial charge in [0.15, 0.2) is 0 Å². The minimum Gasteiger partial charge on any atom is -0.338 e. The predicted molar refractivity (Wildman–Crippen MR) is 95.4 cm³/mol. The van der Waals surface area contributed by atoms with E-state index in [1.54, 1.807) is 11.3 Å². The molecule has 4 aliphatic rings. The number of hydrogen-bond donors (Lipinski definition) is 0. The molecule has 0 aromatic carbocycles. The monoisotopic (exact) mass is 346 g/mol. The molecule has 1 aromatic heterocycles. The Hall–Kier alpha value is -1.36. The van der Waals surface area contributed by atoms with Gasteiger partial charge >= 0.3 is 0 Å². The van der Waals surface area contributed by atoms with Gasteiger partial charge in [0.1, 0.15) is 0 Å². The first-order valence-electron chi connectivity index (χ1n) is 9.38. The Labute approximate surface area is 147 Å². The van der Waals surface area contributed by atoms with Gasteiger partial charge < -0.3 is 9.80 Å². The summed E-state index contributed by atoms with van der Waals surface area (Å²) in [6.45, 7) is 4.26. The molecule has 5 rings (SSSR count). The summed E-state index contributed by atoms with van der Waals surface area (Å²) in [5.41, 5.74) is 1.39. The molecule has 3 saturated heterocycles. The third-order valence-corrected chi connectivity index (χ3v) is 6.98. The standard InChI is InChI=1S/C19H26N2O2S/c1-2-9-21-15-8-7-14(18(21)22)11-20(12-15)19(23)17-10-13-5-3-4-6-16(13)24-17/h10,14-15H,2-9,11-12H2,1H3. The van der Waals surface area contributed by atoms with E-state index >= 15 is 0 Å². The Morgan fingerprint density at radius 1 is 1.25 bits per heavy atom. The van der Waals surface area contributed by atoms with Gasteiger partial charge in [0.2, 0.25) is 5.91 Å². The molecule has 2 unspecified atom stereocenters. The summed E-state index contributed by atoms with van der Waals surface area (Å²) >= 11 is 1.69. The quantitative estimate of drug-likeness (QED) is 0.844. The first-order valence-corrected chi connectivity index (χ1v) is 10.2. The highest BCUT2D eigenvalue weighted by atomic mass is 32.1. The molecule has 1 aromatic rings. The van der Waals surface area contributed by atoms with Crippen molar-refractivity contribution in [3.63, 3.8) is 0 Å². The average molecular weight is 346 g/mol. The topological polar surface area (TPSA) is 40.6 Å². The van der Waals surface area contributed by atoms with Crippen molar-refractivity contribution in [2.45, 2.75) is 57.9 Å². The van der Waals surface area contributed by atoms with Crippen LogP contribution in [-0.4, -0.2) is 47.3 Å². The molecule has 0 radical (unpaired) electrons. The fraction of sp³-hybridized carbons (Fsp3) is 0.684. The van der Waals surface area contributed by atoms with Crippen LogP contribution in [0.2, 0.25) is 0 Å². The normalized spacial score (nSPS) is 26.5. The molecule has 2 amide bonds. The van der Waals surface area contributed by atoms with Gasteiger partial charge in [-0.3, -0.25) is 9.59 Å². The second-order valence-electron chi connectivity index (χ2n) is 7.44. The largest absolute Gasteiger partial charge is 0.338 e. The first kappa shape index (κ1) is 16.1. The number of hydrogen-bond acceptors (Lipinski definition) is 3. The minimum absolute atomic E-state index is 0.00818. The molecule has 4 nitrogen and oxygen atoms in total. The number of amides is 2. The van der Waals surface area contributed by atoms with Crippen LogP contribution in [0.1, 0.15) is 59.1 Å². The number of rotatable bonds is 3. The number of carbonyl (C=O) groups excluding carboxylic acids is 2. The van der Waals surface area contributed by atoms with Crippen molar-refractivity contribution in [1.82, 2.24) is 9.80 Å². The lowest BCUT2D eigenvalue weighted by atomic mass is 9.94. The third-order valence-electron chi connectivity index (χ3n) is 5.75. The lowest BCUT2D eigenvalue weighted by Gasteiger charge is -2.35. The molecule has 1 aliphatic carbocycles. The van der Waals surface area contributed by atoms with Crippen molar-refractivity contribution < 1.29 is 9.59 Å². The van der Waals surface area contributed by atoms with Gasteiger partial charge in [0.25, 0.3) is 5.91 Å². The summed E-state index contributed by atoms with van der Waals surface area (Å²) in [5.74, 6) is 0.431. The Balaban J connectivity index is 1.55. The van der Waals surface area contributed by atoms with E-state index in [-0.39, 0.29) is 23.8 Å². The summed E-state index contributed by atoms with van der Waals surface area (Å²) < 4.78 is 0. The second-order valence-corrected chi connectivity index (χ2v) is 8.57. The van der Waals surface area contributed by atoms with Crippen molar-refractivity contribution in [3.8, 4) is 0 Å². The number of piperidine rings is 1. The van der Waals surface area contributed by atoms with E-state index in [4.69, 9.17) is 0 Å². The SMILES string of the molecule is CCCN1C(=O)C2CCC1CN(C(=O)c1cc3c(s1)CCCC3)C2. The molecule has 2 atom stereocenters. The number of nitrogens with zero attached hydrogens (tertiary/aromatic N) is 2. The highest BCUT2D eigenvalue weighted by Gasteiger charge is 2.41. The molecular formula is C19H26N2O2S. The van der Waals surface area contributed by atoms with Gasteiger partial charge in [-0.25, -0.2) is 0 Å². The van der Waals surface area contributed by atoms with E-state index in [1.807, 2.05) is 9.80 Å². The maximum Gasteiger partial charge on any atom is 0.264 e. The van der Waals surface area contributed by atoms with Crippen LogP contribution in [0, 0.1) is 5.92 Å². The van der Waals surface area contributed by atoms with Gasteiger partial charge in [0.05, 0.1) is 10.8 Å². The van der Waals surface area contributed by atoms with Gasteiger partial charge in [0, 0.05) is 30.6 Å². The summed E-state index contributed by atoms with van der Waals surface area (Å²) in [6, 6.07) is 2.34. The fourth-order valence-electron chi connectivity index (χ4n) is 4.49. The lowest BCUT2D eigenvalue weighted by Crippen LogP contribution is -2.48. The molecule has 0 saturated carbocycles. The van der Waals surface area contributed by atoms with Crippen LogP contribution in [0.15, 0.2) is 6.07 Å².